The Morgan fingerprint density at radius 3 is 1.76 bits per heavy atom. The molecule has 0 amide bonds. The largest absolute Gasteiger partial charge is 0.0776 e. The Hall–Kier alpha value is -2.17. The van der Waals surface area contributed by atoms with Gasteiger partial charge in [0, 0.05) is 0 Å². The van der Waals surface area contributed by atoms with E-state index in [2.05, 4.69) is 127 Å². The lowest BCUT2D eigenvalue weighted by atomic mass is 9.79. The molecule has 0 atom stereocenters. The van der Waals surface area contributed by atoms with Gasteiger partial charge in [0.2, 0.25) is 0 Å². The van der Waals surface area contributed by atoms with Crippen LogP contribution in [0.15, 0.2) is 60.7 Å². The summed E-state index contributed by atoms with van der Waals surface area (Å²) >= 11 is 0. The predicted molar refractivity (Wildman–Crippen MR) is 155 cm³/mol. The van der Waals surface area contributed by atoms with Gasteiger partial charge in [-0.1, -0.05) is 131 Å². The molecule has 0 radical (unpaired) electrons. The number of fused-ring (bicyclic) bond motifs is 1. The standard InChI is InChI=1S/C31H40Si2/c1-31(2,3)29-16-15-23-17-24(22-13-11-10-12-14-22)20-28(23)30(29)25-18-26(32(4,5)6)21-27(19-25)33(7,8)9/h10-16,18-21H,17H2,1-9H3. The van der Waals surface area contributed by atoms with Crippen LogP contribution in [0.25, 0.3) is 22.8 Å². The number of benzene rings is 3. The summed E-state index contributed by atoms with van der Waals surface area (Å²) in [7, 11) is -2.91. The van der Waals surface area contributed by atoms with Crippen LogP contribution in [0.2, 0.25) is 39.3 Å². The van der Waals surface area contributed by atoms with Crippen LogP contribution in [0.3, 0.4) is 0 Å². The van der Waals surface area contributed by atoms with E-state index in [1.807, 2.05) is 0 Å². The number of hydrogen-bond acceptors (Lipinski definition) is 0. The number of allylic oxidation sites excluding steroid dienone is 1. The molecule has 0 fully saturated rings. The summed E-state index contributed by atoms with van der Waals surface area (Å²) in [6.07, 6.45) is 3.50. The van der Waals surface area contributed by atoms with Crippen LogP contribution < -0.4 is 10.4 Å². The first-order valence-electron chi connectivity index (χ1n) is 12.3. The second kappa shape index (κ2) is 8.25. The summed E-state index contributed by atoms with van der Waals surface area (Å²) in [5.74, 6) is 0. The van der Waals surface area contributed by atoms with Gasteiger partial charge in [-0.3, -0.25) is 0 Å². The molecule has 172 valence electrons. The highest BCUT2D eigenvalue weighted by molar-refractivity contribution is 6.91. The Morgan fingerprint density at radius 2 is 1.24 bits per heavy atom. The molecule has 0 aliphatic heterocycles. The lowest BCUT2D eigenvalue weighted by molar-refractivity contribution is 0.591. The molecule has 1 aliphatic rings. The summed E-state index contributed by atoms with van der Waals surface area (Å²) in [5, 5.41) is 3.17. The zero-order chi connectivity index (χ0) is 24.2. The fraction of sp³-hybridized carbons (Fsp3) is 0.355. The van der Waals surface area contributed by atoms with Crippen molar-refractivity contribution >= 4 is 38.2 Å². The monoisotopic (exact) mass is 468 g/mol. The Kier molecular flexibility index (Phi) is 5.99. The summed E-state index contributed by atoms with van der Waals surface area (Å²) < 4.78 is 0. The number of rotatable bonds is 4. The van der Waals surface area contributed by atoms with Gasteiger partial charge in [0.15, 0.2) is 0 Å². The lowest BCUT2D eigenvalue weighted by Crippen LogP contribution is -2.45. The SMILES string of the molecule is CC(C)(C)c1ccc2c(c1-c1cc([Si](C)(C)C)cc([Si](C)(C)C)c1)C=C(c1ccccc1)C2. The summed E-state index contributed by atoms with van der Waals surface area (Å²) in [4.78, 5) is 0. The van der Waals surface area contributed by atoms with Gasteiger partial charge in [-0.25, -0.2) is 0 Å². The van der Waals surface area contributed by atoms with E-state index in [1.165, 1.54) is 39.0 Å². The highest BCUT2D eigenvalue weighted by atomic mass is 28.3. The minimum atomic E-state index is -1.46. The van der Waals surface area contributed by atoms with Gasteiger partial charge in [-0.15, -0.1) is 0 Å². The van der Waals surface area contributed by atoms with Gasteiger partial charge in [0.1, 0.15) is 0 Å². The smallest absolute Gasteiger partial charge is 0.0656 e. The van der Waals surface area contributed by atoms with E-state index < -0.39 is 16.1 Å². The molecule has 0 saturated heterocycles. The van der Waals surface area contributed by atoms with Crippen LogP contribution in [-0.4, -0.2) is 16.1 Å². The molecule has 3 aromatic carbocycles. The normalized spacial score (nSPS) is 14.3. The molecule has 4 rings (SSSR count). The lowest BCUT2D eigenvalue weighted by Gasteiger charge is -2.28. The fourth-order valence-corrected chi connectivity index (χ4v) is 7.32. The maximum Gasteiger partial charge on any atom is 0.0776 e. The van der Waals surface area contributed by atoms with Crippen molar-refractivity contribution in [2.45, 2.75) is 71.9 Å². The molecule has 0 aromatic heterocycles. The van der Waals surface area contributed by atoms with E-state index in [0.29, 0.717) is 0 Å². The van der Waals surface area contributed by atoms with Crippen LogP contribution in [0.5, 0.6) is 0 Å². The van der Waals surface area contributed by atoms with Crippen molar-refractivity contribution in [1.29, 1.82) is 0 Å². The van der Waals surface area contributed by atoms with Crippen LogP contribution in [0, 0.1) is 0 Å². The molecule has 2 heteroatoms. The van der Waals surface area contributed by atoms with E-state index in [4.69, 9.17) is 0 Å². The Balaban J connectivity index is 2.02. The first-order chi connectivity index (χ1) is 15.2. The molecular weight excluding hydrogens is 429 g/mol. The van der Waals surface area contributed by atoms with Crippen molar-refractivity contribution in [3.63, 3.8) is 0 Å². The van der Waals surface area contributed by atoms with Crippen molar-refractivity contribution in [2.75, 3.05) is 0 Å². The van der Waals surface area contributed by atoms with Crippen LogP contribution in [0.1, 0.15) is 43.0 Å². The van der Waals surface area contributed by atoms with Crippen molar-refractivity contribution in [3.05, 3.63) is 82.9 Å². The van der Waals surface area contributed by atoms with E-state index in [-0.39, 0.29) is 5.41 Å². The third-order valence-electron chi connectivity index (χ3n) is 6.94. The van der Waals surface area contributed by atoms with Gasteiger partial charge in [-0.05, 0) is 56.9 Å². The highest BCUT2D eigenvalue weighted by Crippen LogP contribution is 2.43. The predicted octanol–water partition coefficient (Wildman–Crippen LogP) is 7.84. The van der Waals surface area contributed by atoms with Gasteiger partial charge >= 0.3 is 0 Å². The molecule has 0 saturated carbocycles. The minimum absolute atomic E-state index is 0.0855. The van der Waals surface area contributed by atoms with Crippen molar-refractivity contribution < 1.29 is 0 Å². The third-order valence-corrected chi connectivity index (χ3v) is 11.0. The second-order valence-corrected chi connectivity index (χ2v) is 23.0. The first-order valence-corrected chi connectivity index (χ1v) is 19.3. The molecular formula is C31H40Si2. The summed E-state index contributed by atoms with van der Waals surface area (Å²) in [5.41, 5.74) is 10.1. The Morgan fingerprint density at radius 1 is 0.667 bits per heavy atom. The van der Waals surface area contributed by atoms with Crippen molar-refractivity contribution in [1.82, 2.24) is 0 Å². The Labute approximate surface area is 203 Å². The van der Waals surface area contributed by atoms with Crippen molar-refractivity contribution in [3.8, 4) is 11.1 Å². The topological polar surface area (TPSA) is 0 Å². The molecule has 0 nitrogen and oxygen atoms in total. The maximum absolute atomic E-state index is 2.55. The molecule has 33 heavy (non-hydrogen) atoms. The van der Waals surface area contributed by atoms with Crippen molar-refractivity contribution in [2.24, 2.45) is 0 Å². The van der Waals surface area contributed by atoms with Gasteiger partial charge in [-0.2, -0.15) is 0 Å². The van der Waals surface area contributed by atoms with E-state index in [0.717, 1.165) is 6.42 Å². The minimum Gasteiger partial charge on any atom is -0.0656 e. The van der Waals surface area contributed by atoms with Crippen LogP contribution >= 0.6 is 0 Å². The summed E-state index contributed by atoms with van der Waals surface area (Å²) in [6.45, 7) is 22.0. The van der Waals surface area contributed by atoms with E-state index in [1.54, 1.807) is 10.4 Å². The zero-order valence-electron chi connectivity index (χ0n) is 22.1. The first kappa shape index (κ1) is 24.0. The fourth-order valence-electron chi connectivity index (χ4n) is 4.82. The van der Waals surface area contributed by atoms with Gasteiger partial charge in [0.25, 0.3) is 0 Å². The van der Waals surface area contributed by atoms with Crippen LogP contribution in [-0.2, 0) is 11.8 Å². The molecule has 1 aliphatic carbocycles. The molecule has 0 N–H and O–H groups in total. The molecule has 3 aromatic rings. The van der Waals surface area contributed by atoms with E-state index in [9.17, 15) is 0 Å². The number of hydrogen-bond donors (Lipinski definition) is 0. The highest BCUT2D eigenvalue weighted by Gasteiger charge is 2.28. The van der Waals surface area contributed by atoms with Crippen LogP contribution in [0.4, 0.5) is 0 Å². The zero-order valence-corrected chi connectivity index (χ0v) is 24.1. The average molecular weight is 469 g/mol. The molecule has 0 heterocycles. The summed E-state index contributed by atoms with van der Waals surface area (Å²) in [6, 6.07) is 23.3. The quantitative estimate of drug-likeness (QED) is 0.342. The second-order valence-electron chi connectivity index (χ2n) is 12.8. The molecule has 0 bridgehead atoms. The molecule has 0 spiro atoms. The van der Waals surface area contributed by atoms with Gasteiger partial charge < -0.3 is 0 Å². The average Bonchev–Trinajstić information content (AvgIpc) is 3.16. The Bertz CT molecular complexity index is 1180. The van der Waals surface area contributed by atoms with E-state index >= 15 is 0 Å². The maximum atomic E-state index is 2.55. The van der Waals surface area contributed by atoms with Gasteiger partial charge in [0.05, 0.1) is 16.1 Å². The third kappa shape index (κ3) is 4.88. The molecule has 0 unspecified atom stereocenters.